The molecule has 1 fully saturated rings. The van der Waals surface area contributed by atoms with Crippen molar-refractivity contribution in [3.63, 3.8) is 0 Å². The van der Waals surface area contributed by atoms with E-state index in [0.29, 0.717) is 5.82 Å². The van der Waals surface area contributed by atoms with Crippen LogP contribution in [-0.2, 0) is 5.41 Å². The summed E-state index contributed by atoms with van der Waals surface area (Å²) in [7, 11) is 0. The molecule has 2 rings (SSSR count). The summed E-state index contributed by atoms with van der Waals surface area (Å²) in [5, 5.41) is 1.03. The lowest BCUT2D eigenvalue weighted by molar-refractivity contribution is 0.539. The minimum atomic E-state index is -0.0600. The Hall–Kier alpha value is -0.810. The standard InChI is InChI=1S/C14H24N4S/c1-14(2,3)13-16-11(18-15)8-12(17-13)19-9-10-6-4-5-7-10/h8,10H,4-7,9,15H2,1-3H3,(H,16,17,18). The summed E-state index contributed by atoms with van der Waals surface area (Å²) in [6, 6.07) is 1.94. The first kappa shape index (κ1) is 14.6. The van der Waals surface area contributed by atoms with Crippen molar-refractivity contribution in [1.29, 1.82) is 0 Å². The van der Waals surface area contributed by atoms with E-state index in [1.165, 1.54) is 25.7 Å². The van der Waals surface area contributed by atoms with Crippen molar-refractivity contribution in [2.45, 2.75) is 56.9 Å². The minimum absolute atomic E-state index is 0.0600. The third-order valence-electron chi connectivity index (χ3n) is 3.46. The minimum Gasteiger partial charge on any atom is -0.308 e. The second kappa shape index (κ2) is 6.09. The van der Waals surface area contributed by atoms with Gasteiger partial charge < -0.3 is 5.43 Å². The van der Waals surface area contributed by atoms with Crippen molar-refractivity contribution < 1.29 is 0 Å². The molecule has 0 bridgehead atoms. The molecule has 0 radical (unpaired) electrons. The van der Waals surface area contributed by atoms with Gasteiger partial charge in [0.05, 0.1) is 0 Å². The first-order chi connectivity index (χ1) is 8.99. The Balaban J connectivity index is 2.10. The number of aromatic nitrogens is 2. The van der Waals surface area contributed by atoms with Crippen LogP contribution in [0.2, 0.25) is 0 Å². The summed E-state index contributed by atoms with van der Waals surface area (Å²) in [6.07, 6.45) is 5.51. The molecule has 1 aliphatic carbocycles. The van der Waals surface area contributed by atoms with Gasteiger partial charge in [-0.25, -0.2) is 15.8 Å². The van der Waals surface area contributed by atoms with Crippen molar-refractivity contribution in [2.75, 3.05) is 11.2 Å². The number of nitrogens with zero attached hydrogens (tertiary/aromatic N) is 2. The number of nitrogen functional groups attached to an aromatic ring is 1. The maximum Gasteiger partial charge on any atom is 0.144 e. The van der Waals surface area contributed by atoms with Crippen molar-refractivity contribution >= 4 is 17.6 Å². The molecule has 0 unspecified atom stereocenters. The van der Waals surface area contributed by atoms with E-state index in [1.54, 1.807) is 0 Å². The molecule has 0 spiro atoms. The van der Waals surface area contributed by atoms with E-state index in [2.05, 4.69) is 36.2 Å². The molecule has 1 heterocycles. The van der Waals surface area contributed by atoms with E-state index in [-0.39, 0.29) is 5.41 Å². The van der Waals surface area contributed by atoms with E-state index >= 15 is 0 Å². The molecule has 1 saturated carbocycles. The fourth-order valence-electron chi connectivity index (χ4n) is 2.29. The molecule has 0 atom stereocenters. The van der Waals surface area contributed by atoms with Gasteiger partial charge in [0.25, 0.3) is 0 Å². The summed E-state index contributed by atoms with van der Waals surface area (Å²) < 4.78 is 0. The fourth-order valence-corrected chi connectivity index (χ4v) is 3.37. The molecule has 1 aromatic rings. The van der Waals surface area contributed by atoms with E-state index in [9.17, 15) is 0 Å². The highest BCUT2D eigenvalue weighted by Crippen LogP contribution is 2.31. The largest absolute Gasteiger partial charge is 0.308 e. The zero-order valence-electron chi connectivity index (χ0n) is 12.1. The Bertz CT molecular complexity index is 422. The van der Waals surface area contributed by atoms with Crippen LogP contribution in [-0.4, -0.2) is 15.7 Å². The van der Waals surface area contributed by atoms with Crippen molar-refractivity contribution in [3.8, 4) is 0 Å². The zero-order valence-corrected chi connectivity index (χ0v) is 12.9. The molecule has 1 aliphatic rings. The maximum atomic E-state index is 5.50. The summed E-state index contributed by atoms with van der Waals surface area (Å²) in [5.74, 6) is 9.06. The van der Waals surface area contributed by atoms with Crippen molar-refractivity contribution in [1.82, 2.24) is 9.97 Å². The Kier molecular flexibility index (Phi) is 4.68. The summed E-state index contributed by atoms with van der Waals surface area (Å²) in [6.45, 7) is 6.36. The normalized spacial score (nSPS) is 16.8. The fraction of sp³-hybridized carbons (Fsp3) is 0.714. The Morgan fingerprint density at radius 2 is 2.00 bits per heavy atom. The highest BCUT2D eigenvalue weighted by Gasteiger charge is 2.20. The lowest BCUT2D eigenvalue weighted by Crippen LogP contribution is -2.19. The van der Waals surface area contributed by atoms with Gasteiger partial charge in [0.15, 0.2) is 0 Å². The average Bonchev–Trinajstić information content (AvgIpc) is 2.88. The van der Waals surface area contributed by atoms with Gasteiger partial charge in [0, 0.05) is 17.2 Å². The number of rotatable bonds is 4. The monoisotopic (exact) mass is 280 g/mol. The van der Waals surface area contributed by atoms with Gasteiger partial charge in [0.1, 0.15) is 16.7 Å². The van der Waals surface area contributed by atoms with Crippen molar-refractivity contribution in [3.05, 3.63) is 11.9 Å². The van der Waals surface area contributed by atoms with Crippen LogP contribution in [0.4, 0.5) is 5.82 Å². The van der Waals surface area contributed by atoms with Crippen LogP contribution in [0.25, 0.3) is 0 Å². The predicted molar refractivity (Wildman–Crippen MR) is 81.2 cm³/mol. The van der Waals surface area contributed by atoms with E-state index in [0.717, 1.165) is 22.5 Å². The maximum absolute atomic E-state index is 5.50. The van der Waals surface area contributed by atoms with Gasteiger partial charge in [-0.1, -0.05) is 33.6 Å². The van der Waals surface area contributed by atoms with E-state index in [1.807, 2.05) is 17.8 Å². The highest BCUT2D eigenvalue weighted by molar-refractivity contribution is 7.99. The van der Waals surface area contributed by atoms with Crippen LogP contribution in [0, 0.1) is 5.92 Å². The van der Waals surface area contributed by atoms with Gasteiger partial charge >= 0.3 is 0 Å². The van der Waals surface area contributed by atoms with Crippen LogP contribution < -0.4 is 11.3 Å². The van der Waals surface area contributed by atoms with Crippen LogP contribution >= 0.6 is 11.8 Å². The first-order valence-electron chi connectivity index (χ1n) is 6.98. The Morgan fingerprint density at radius 1 is 1.32 bits per heavy atom. The summed E-state index contributed by atoms with van der Waals surface area (Å²) >= 11 is 1.83. The molecule has 3 N–H and O–H groups in total. The molecular formula is C14H24N4S. The lowest BCUT2D eigenvalue weighted by Gasteiger charge is -2.18. The first-order valence-corrected chi connectivity index (χ1v) is 7.96. The van der Waals surface area contributed by atoms with Gasteiger partial charge in [0.2, 0.25) is 0 Å². The SMILES string of the molecule is CC(C)(C)c1nc(NN)cc(SCC2CCCC2)n1. The van der Waals surface area contributed by atoms with Crippen LogP contribution in [0.3, 0.4) is 0 Å². The van der Waals surface area contributed by atoms with Crippen LogP contribution in [0.1, 0.15) is 52.3 Å². The number of hydrazine groups is 1. The van der Waals surface area contributed by atoms with E-state index < -0.39 is 0 Å². The molecular weight excluding hydrogens is 256 g/mol. The summed E-state index contributed by atoms with van der Waals surface area (Å²) in [4.78, 5) is 9.11. The lowest BCUT2D eigenvalue weighted by atomic mass is 9.96. The second-order valence-corrected chi connectivity index (χ2v) is 7.31. The molecule has 0 aliphatic heterocycles. The molecule has 1 aromatic heterocycles. The molecule has 0 saturated heterocycles. The number of hydrogen-bond donors (Lipinski definition) is 2. The van der Waals surface area contributed by atoms with E-state index in [4.69, 9.17) is 5.84 Å². The molecule has 0 amide bonds. The van der Waals surface area contributed by atoms with Crippen LogP contribution in [0.15, 0.2) is 11.1 Å². The Labute approximate surface area is 119 Å². The zero-order chi connectivity index (χ0) is 13.9. The predicted octanol–water partition coefficient (Wildman–Crippen LogP) is 3.34. The van der Waals surface area contributed by atoms with Crippen LogP contribution in [0.5, 0.6) is 0 Å². The van der Waals surface area contributed by atoms with Crippen molar-refractivity contribution in [2.24, 2.45) is 11.8 Å². The number of hydrogen-bond acceptors (Lipinski definition) is 5. The molecule has 5 heteroatoms. The number of nitrogens with one attached hydrogen (secondary N) is 1. The second-order valence-electron chi connectivity index (χ2n) is 6.27. The molecule has 4 nitrogen and oxygen atoms in total. The molecule has 19 heavy (non-hydrogen) atoms. The summed E-state index contributed by atoms with van der Waals surface area (Å²) in [5.41, 5.74) is 2.58. The number of thioether (sulfide) groups is 1. The van der Waals surface area contributed by atoms with Gasteiger partial charge in [-0.05, 0) is 18.8 Å². The number of nitrogens with two attached hydrogens (primary N) is 1. The molecule has 106 valence electrons. The van der Waals surface area contributed by atoms with Gasteiger partial charge in [-0.3, -0.25) is 0 Å². The quantitative estimate of drug-likeness (QED) is 0.383. The van der Waals surface area contributed by atoms with Gasteiger partial charge in [-0.15, -0.1) is 11.8 Å². The molecule has 0 aromatic carbocycles. The highest BCUT2D eigenvalue weighted by atomic mass is 32.2. The Morgan fingerprint density at radius 3 is 2.58 bits per heavy atom. The topological polar surface area (TPSA) is 63.8 Å². The third kappa shape index (κ3) is 4.08. The van der Waals surface area contributed by atoms with Gasteiger partial charge in [-0.2, -0.15) is 0 Å². The smallest absolute Gasteiger partial charge is 0.144 e. The average molecular weight is 280 g/mol. The third-order valence-corrected chi connectivity index (χ3v) is 4.61. The number of anilines is 1.